The fourth-order valence-corrected chi connectivity index (χ4v) is 3.00. The Hall–Kier alpha value is -5.14. The maximum atomic E-state index is 12.5. The van der Waals surface area contributed by atoms with Gasteiger partial charge in [-0.25, -0.2) is 24.5 Å². The molecule has 1 aliphatic heterocycles. The van der Waals surface area contributed by atoms with Gasteiger partial charge in [0.05, 0.1) is 43.6 Å². The van der Waals surface area contributed by atoms with Crippen molar-refractivity contribution in [2.45, 2.75) is 0 Å². The molecule has 0 saturated carbocycles. The number of esters is 2. The van der Waals surface area contributed by atoms with Crippen molar-refractivity contribution >= 4 is 29.1 Å². The Labute approximate surface area is 196 Å². The molecule has 0 saturated heterocycles. The molecular formula is C24H19N5O5. The van der Waals surface area contributed by atoms with Gasteiger partial charge in [-0.1, -0.05) is 25.3 Å². The minimum atomic E-state index is -0.588. The third-order valence-electron chi connectivity index (χ3n) is 4.57. The maximum Gasteiger partial charge on any atom is 0.330 e. The molecule has 0 spiro atoms. The largest absolute Gasteiger partial charge is 0.461 e. The number of carbonyl (C=O) groups excluding carboxylic acids is 3. The van der Waals surface area contributed by atoms with Crippen LogP contribution in [0.4, 0.5) is 5.69 Å². The van der Waals surface area contributed by atoms with Crippen LogP contribution in [0.1, 0.15) is 5.56 Å². The number of hydrogen-bond acceptors (Lipinski definition) is 7. The van der Waals surface area contributed by atoms with Gasteiger partial charge in [0.2, 0.25) is 11.6 Å². The topological polar surface area (TPSA) is 117 Å². The Morgan fingerprint density at radius 2 is 1.65 bits per heavy atom. The van der Waals surface area contributed by atoms with E-state index in [0.717, 1.165) is 12.2 Å². The number of hydrogen-bond donors (Lipinski definition) is 1. The molecule has 34 heavy (non-hydrogen) atoms. The number of rotatable bonds is 10. The number of benzene rings is 1. The number of nitriles is 1. The number of allylic oxidation sites excluding steroid dienone is 1. The third-order valence-corrected chi connectivity index (χ3v) is 4.57. The molecule has 1 amide bonds. The van der Waals surface area contributed by atoms with E-state index in [-0.39, 0.29) is 49.0 Å². The van der Waals surface area contributed by atoms with Crippen molar-refractivity contribution in [1.82, 2.24) is 5.32 Å². The Morgan fingerprint density at radius 3 is 2.09 bits per heavy atom. The zero-order valence-electron chi connectivity index (χ0n) is 18.0. The second kappa shape index (κ2) is 12.0. The molecule has 0 atom stereocenters. The summed E-state index contributed by atoms with van der Waals surface area (Å²) in [5.74, 6) is -1.73. The molecule has 0 aromatic heterocycles. The van der Waals surface area contributed by atoms with Gasteiger partial charge in [-0.15, -0.1) is 0 Å². The molecule has 1 heterocycles. The van der Waals surface area contributed by atoms with E-state index >= 15 is 0 Å². The normalized spacial score (nSPS) is 13.5. The van der Waals surface area contributed by atoms with Gasteiger partial charge in [0.1, 0.15) is 13.2 Å². The van der Waals surface area contributed by atoms with E-state index in [9.17, 15) is 14.4 Å². The lowest BCUT2D eigenvalue weighted by Gasteiger charge is -2.24. The quantitative estimate of drug-likeness (QED) is 0.248. The molecule has 1 aromatic carbocycles. The van der Waals surface area contributed by atoms with E-state index in [1.807, 2.05) is 0 Å². The average molecular weight is 457 g/mol. The van der Waals surface area contributed by atoms with Crippen molar-refractivity contribution in [2.24, 2.45) is 0 Å². The van der Waals surface area contributed by atoms with E-state index in [2.05, 4.69) is 28.2 Å². The van der Waals surface area contributed by atoms with Gasteiger partial charge < -0.3 is 19.7 Å². The molecule has 1 N–H and O–H groups in total. The Balaban J connectivity index is 2.32. The van der Waals surface area contributed by atoms with Crippen LogP contribution < -0.4 is 10.2 Å². The van der Waals surface area contributed by atoms with Gasteiger partial charge in [0.25, 0.3) is 5.70 Å². The standard InChI is InChI=1S/C24H19N5O5/c1-5-19(30)33-13-11-29(12-14-34-20(31)6-2)17-9-7-16(8-10-17)21-23(27-4)22(28-24(21)32)18(15-25)26-3/h5-10H,1-2,11-14H2,(H,28,32)/b22-18+. The molecular weight excluding hydrogens is 438 g/mol. The minimum absolute atomic E-state index is 0.0547. The number of anilines is 1. The summed E-state index contributed by atoms with van der Waals surface area (Å²) in [5.41, 5.74) is 0.562. The summed E-state index contributed by atoms with van der Waals surface area (Å²) in [6.07, 6.45) is 2.10. The fraction of sp³-hybridized carbons (Fsp3) is 0.167. The maximum absolute atomic E-state index is 12.5. The predicted molar refractivity (Wildman–Crippen MR) is 122 cm³/mol. The summed E-state index contributed by atoms with van der Waals surface area (Å²) >= 11 is 0. The molecule has 0 fully saturated rings. The molecule has 0 unspecified atom stereocenters. The molecule has 0 bridgehead atoms. The first-order valence-corrected chi connectivity index (χ1v) is 9.79. The summed E-state index contributed by atoms with van der Waals surface area (Å²) in [7, 11) is 0. The van der Waals surface area contributed by atoms with Crippen LogP contribution in [-0.4, -0.2) is 44.1 Å². The summed E-state index contributed by atoms with van der Waals surface area (Å²) in [6.45, 7) is 21.9. The molecule has 0 radical (unpaired) electrons. The number of amides is 1. The van der Waals surface area contributed by atoms with Crippen LogP contribution >= 0.6 is 0 Å². The molecule has 0 aliphatic carbocycles. The highest BCUT2D eigenvalue weighted by Crippen LogP contribution is 2.32. The first-order chi connectivity index (χ1) is 16.4. The second-order valence-corrected chi connectivity index (χ2v) is 6.51. The molecule has 2 rings (SSSR count). The predicted octanol–water partition coefficient (Wildman–Crippen LogP) is 2.37. The summed E-state index contributed by atoms with van der Waals surface area (Å²) in [6, 6.07) is 8.27. The van der Waals surface area contributed by atoms with E-state index in [0.29, 0.717) is 11.3 Å². The summed E-state index contributed by atoms with van der Waals surface area (Å²) in [4.78, 5) is 43.4. The van der Waals surface area contributed by atoms with E-state index in [4.69, 9.17) is 27.9 Å². The minimum Gasteiger partial charge on any atom is -0.461 e. The van der Waals surface area contributed by atoms with Crippen molar-refractivity contribution in [1.29, 1.82) is 5.26 Å². The van der Waals surface area contributed by atoms with Gasteiger partial charge in [-0.05, 0) is 17.7 Å². The van der Waals surface area contributed by atoms with E-state index in [1.54, 1.807) is 35.2 Å². The smallest absolute Gasteiger partial charge is 0.330 e. The average Bonchev–Trinajstić information content (AvgIpc) is 3.19. The van der Waals surface area contributed by atoms with Crippen molar-refractivity contribution in [3.8, 4) is 6.07 Å². The highest BCUT2D eigenvalue weighted by Gasteiger charge is 2.31. The van der Waals surface area contributed by atoms with Crippen molar-refractivity contribution < 1.29 is 23.9 Å². The molecule has 170 valence electrons. The lowest BCUT2D eigenvalue weighted by molar-refractivity contribution is -0.137. The van der Waals surface area contributed by atoms with Crippen LogP contribution in [0, 0.1) is 24.5 Å². The number of nitrogens with one attached hydrogen (secondary N) is 1. The first kappa shape index (κ1) is 25.1. The molecule has 10 heteroatoms. The van der Waals surface area contributed by atoms with Crippen molar-refractivity contribution in [2.75, 3.05) is 31.2 Å². The summed E-state index contributed by atoms with van der Waals surface area (Å²) < 4.78 is 10.0. The highest BCUT2D eigenvalue weighted by atomic mass is 16.5. The van der Waals surface area contributed by atoms with Crippen LogP contribution in [0.3, 0.4) is 0 Å². The van der Waals surface area contributed by atoms with Crippen LogP contribution in [-0.2, 0) is 23.9 Å². The lowest BCUT2D eigenvalue weighted by Crippen LogP contribution is -2.32. The lowest BCUT2D eigenvalue weighted by atomic mass is 10.0. The zero-order valence-corrected chi connectivity index (χ0v) is 18.0. The van der Waals surface area contributed by atoms with Crippen LogP contribution in [0.2, 0.25) is 0 Å². The summed E-state index contributed by atoms with van der Waals surface area (Å²) in [5, 5.41) is 11.5. The Morgan fingerprint density at radius 1 is 1.09 bits per heavy atom. The fourth-order valence-electron chi connectivity index (χ4n) is 3.00. The second-order valence-electron chi connectivity index (χ2n) is 6.51. The SMILES string of the molecule is [C-]#[N+]C1=C(c2ccc(N(CCOC(=O)C=C)CCOC(=O)C=C)cc2)C(=O)N/C1=C(\C#N)[N+]#[C-]. The van der Waals surface area contributed by atoms with Gasteiger partial charge >= 0.3 is 11.9 Å². The zero-order chi connectivity index (χ0) is 25.1. The van der Waals surface area contributed by atoms with Crippen LogP contribution in [0.5, 0.6) is 0 Å². The molecule has 10 nitrogen and oxygen atoms in total. The third kappa shape index (κ3) is 5.97. The van der Waals surface area contributed by atoms with E-state index < -0.39 is 17.8 Å². The molecule has 1 aromatic rings. The highest BCUT2D eigenvalue weighted by molar-refractivity contribution is 6.25. The van der Waals surface area contributed by atoms with Crippen LogP contribution in [0.15, 0.2) is 66.7 Å². The number of nitrogens with zero attached hydrogens (tertiary/aromatic N) is 4. The van der Waals surface area contributed by atoms with Crippen molar-refractivity contribution in [3.63, 3.8) is 0 Å². The Kier molecular flexibility index (Phi) is 8.90. The van der Waals surface area contributed by atoms with E-state index in [1.165, 1.54) is 0 Å². The van der Waals surface area contributed by atoms with Gasteiger partial charge in [0.15, 0.2) is 0 Å². The van der Waals surface area contributed by atoms with Gasteiger partial charge in [-0.3, -0.25) is 4.79 Å². The number of carbonyl (C=O) groups is 3. The monoisotopic (exact) mass is 457 g/mol. The van der Waals surface area contributed by atoms with Gasteiger partial charge in [-0.2, -0.15) is 0 Å². The van der Waals surface area contributed by atoms with Gasteiger partial charge in [0, 0.05) is 17.8 Å². The molecule has 1 aliphatic rings. The number of ether oxygens (including phenoxy) is 2. The first-order valence-electron chi connectivity index (χ1n) is 9.79. The van der Waals surface area contributed by atoms with Crippen molar-refractivity contribution in [3.05, 3.63) is 95.1 Å². The van der Waals surface area contributed by atoms with Crippen LogP contribution in [0.25, 0.3) is 15.3 Å². The Bertz CT molecular complexity index is 1160.